The van der Waals surface area contributed by atoms with Gasteiger partial charge in [-0.25, -0.2) is 0 Å². The van der Waals surface area contributed by atoms with E-state index in [2.05, 4.69) is 10.9 Å². The molecular formula is C6H6ClI. The molecule has 0 atom stereocenters. The molecule has 1 heterocycles. The van der Waals surface area contributed by atoms with Crippen molar-refractivity contribution in [3.8, 4) is 0 Å². The predicted molar refractivity (Wildman–Crippen MR) is 47.8 cm³/mol. The minimum atomic E-state index is 0.148. The van der Waals surface area contributed by atoms with Gasteiger partial charge in [-0.05, 0) is 17.0 Å². The van der Waals surface area contributed by atoms with Crippen LogP contribution < -0.4 is 0 Å². The molecule has 0 aromatic carbocycles. The fraction of sp³-hybridized carbons (Fsp3) is 0.167. The fourth-order valence-electron chi connectivity index (χ4n) is 0.419. The molecule has 0 radical (unpaired) electrons. The normalized spacial score (nSPS) is 18.8. The third kappa shape index (κ3) is 1.42. The van der Waals surface area contributed by atoms with Crippen LogP contribution >= 0.6 is 32.3 Å². The SMILES string of the molecule is CC1=C(Cl)C=CC=I1. The van der Waals surface area contributed by atoms with Crippen LogP contribution in [0.3, 0.4) is 0 Å². The van der Waals surface area contributed by atoms with Crippen LogP contribution in [0.1, 0.15) is 6.92 Å². The highest BCUT2D eigenvalue weighted by molar-refractivity contribution is 14.2. The van der Waals surface area contributed by atoms with Gasteiger partial charge in [0, 0.05) is 8.61 Å². The Bertz CT molecular complexity index is 157. The van der Waals surface area contributed by atoms with Gasteiger partial charge in [-0.15, -0.1) is 0 Å². The molecule has 44 valence electrons. The van der Waals surface area contributed by atoms with Gasteiger partial charge in [0.25, 0.3) is 0 Å². The Balaban J connectivity index is 2.97. The highest BCUT2D eigenvalue weighted by Crippen LogP contribution is 2.24. The summed E-state index contributed by atoms with van der Waals surface area (Å²) < 4.78 is 3.58. The van der Waals surface area contributed by atoms with Gasteiger partial charge in [-0.1, -0.05) is 38.4 Å². The van der Waals surface area contributed by atoms with E-state index in [9.17, 15) is 0 Å². The Morgan fingerprint density at radius 1 is 1.62 bits per heavy atom. The molecule has 2 heteroatoms. The first-order valence-electron chi connectivity index (χ1n) is 2.30. The lowest BCUT2D eigenvalue weighted by Crippen LogP contribution is -1.73. The van der Waals surface area contributed by atoms with Gasteiger partial charge in [0.1, 0.15) is 0 Å². The molecule has 1 aliphatic heterocycles. The second kappa shape index (κ2) is 2.78. The summed E-state index contributed by atoms with van der Waals surface area (Å²) in [5.74, 6) is 0. The Hall–Kier alpha value is 0.370. The minimum absolute atomic E-state index is 0.148. The highest BCUT2D eigenvalue weighted by atomic mass is 127. The van der Waals surface area contributed by atoms with Crippen LogP contribution in [0.2, 0.25) is 0 Å². The summed E-state index contributed by atoms with van der Waals surface area (Å²) in [5.41, 5.74) is 0. The van der Waals surface area contributed by atoms with Crippen molar-refractivity contribution < 1.29 is 0 Å². The summed E-state index contributed by atoms with van der Waals surface area (Å²) in [6, 6.07) is 0. The summed E-state index contributed by atoms with van der Waals surface area (Å²) >= 11 is 5.92. The second-order valence-corrected chi connectivity index (χ2v) is 4.84. The van der Waals surface area contributed by atoms with Gasteiger partial charge in [0.15, 0.2) is 0 Å². The van der Waals surface area contributed by atoms with E-state index >= 15 is 0 Å². The van der Waals surface area contributed by atoms with Gasteiger partial charge in [-0.3, -0.25) is 0 Å². The maximum Gasteiger partial charge on any atom is 0.0492 e. The van der Waals surface area contributed by atoms with Crippen molar-refractivity contribution in [2.75, 3.05) is 0 Å². The van der Waals surface area contributed by atoms with Crippen molar-refractivity contribution >= 4 is 36.3 Å². The maximum atomic E-state index is 5.77. The lowest BCUT2D eigenvalue weighted by Gasteiger charge is -1.95. The summed E-state index contributed by atoms with van der Waals surface area (Å²) in [6.07, 6.45) is 3.97. The lowest BCUT2D eigenvalue weighted by molar-refractivity contribution is 1.68. The first kappa shape index (κ1) is 6.49. The molecule has 1 rings (SSSR count). The van der Waals surface area contributed by atoms with Crippen LogP contribution in [-0.4, -0.2) is 4.01 Å². The summed E-state index contributed by atoms with van der Waals surface area (Å²) in [6.45, 7) is 2.09. The van der Waals surface area contributed by atoms with E-state index in [0.29, 0.717) is 0 Å². The molecule has 0 saturated heterocycles. The smallest absolute Gasteiger partial charge is 0.0492 e. The standard InChI is InChI=1S/C6H6ClI/c1-5-6(7)3-2-4-8-5/h2-4H,1H3. The van der Waals surface area contributed by atoms with E-state index in [1.807, 2.05) is 12.2 Å². The molecule has 0 aromatic heterocycles. The number of allylic oxidation sites excluding steroid dienone is 4. The van der Waals surface area contributed by atoms with Crippen LogP contribution in [-0.2, 0) is 0 Å². The molecule has 0 spiro atoms. The quantitative estimate of drug-likeness (QED) is 0.571. The van der Waals surface area contributed by atoms with E-state index in [0.717, 1.165) is 5.03 Å². The Kier molecular flexibility index (Phi) is 2.26. The fourth-order valence-corrected chi connectivity index (χ4v) is 2.20. The van der Waals surface area contributed by atoms with Crippen LogP contribution in [0.25, 0.3) is 0 Å². The summed E-state index contributed by atoms with van der Waals surface area (Å²) in [5, 5.41) is 0.945. The number of rotatable bonds is 0. The molecule has 0 unspecified atom stereocenters. The van der Waals surface area contributed by atoms with Gasteiger partial charge >= 0.3 is 0 Å². The topological polar surface area (TPSA) is 0 Å². The zero-order chi connectivity index (χ0) is 5.98. The average molecular weight is 240 g/mol. The van der Waals surface area contributed by atoms with Crippen molar-refractivity contribution in [3.63, 3.8) is 0 Å². The molecule has 0 nitrogen and oxygen atoms in total. The van der Waals surface area contributed by atoms with Crippen molar-refractivity contribution in [1.82, 2.24) is 0 Å². The molecule has 0 N–H and O–H groups in total. The Labute approximate surface area is 64.0 Å². The van der Waals surface area contributed by atoms with E-state index in [4.69, 9.17) is 11.6 Å². The molecular weight excluding hydrogens is 234 g/mol. The monoisotopic (exact) mass is 240 g/mol. The zero-order valence-corrected chi connectivity index (χ0v) is 7.40. The number of hydrogen-bond donors (Lipinski definition) is 0. The minimum Gasteiger partial charge on any atom is -0.0889 e. The first-order valence-corrected chi connectivity index (χ1v) is 5.00. The molecule has 0 amide bonds. The summed E-state index contributed by atoms with van der Waals surface area (Å²) in [7, 11) is 0. The lowest BCUT2D eigenvalue weighted by atomic mass is 10.4. The van der Waals surface area contributed by atoms with E-state index in [1.54, 1.807) is 0 Å². The molecule has 0 saturated carbocycles. The molecule has 0 aliphatic carbocycles. The van der Waals surface area contributed by atoms with Crippen LogP contribution in [0.5, 0.6) is 0 Å². The molecule has 8 heavy (non-hydrogen) atoms. The maximum absolute atomic E-state index is 5.77. The van der Waals surface area contributed by atoms with Crippen molar-refractivity contribution in [2.45, 2.75) is 6.92 Å². The van der Waals surface area contributed by atoms with E-state index < -0.39 is 0 Å². The van der Waals surface area contributed by atoms with Crippen LogP contribution in [0.4, 0.5) is 0 Å². The molecule has 0 bridgehead atoms. The third-order valence-corrected chi connectivity index (χ3v) is 3.89. The largest absolute Gasteiger partial charge is 0.0889 e. The third-order valence-electron chi connectivity index (χ3n) is 0.871. The van der Waals surface area contributed by atoms with Crippen LogP contribution in [0.15, 0.2) is 20.8 Å². The molecule has 0 aromatic rings. The van der Waals surface area contributed by atoms with E-state index in [1.165, 1.54) is 3.58 Å². The first-order chi connectivity index (χ1) is 3.80. The zero-order valence-electron chi connectivity index (χ0n) is 4.49. The van der Waals surface area contributed by atoms with E-state index in [-0.39, 0.29) is 20.7 Å². The van der Waals surface area contributed by atoms with Gasteiger partial charge in [0.05, 0.1) is 0 Å². The summed E-state index contributed by atoms with van der Waals surface area (Å²) in [4.78, 5) is 0. The molecule has 0 fully saturated rings. The average Bonchev–Trinajstić information content (AvgIpc) is 1.77. The van der Waals surface area contributed by atoms with Crippen molar-refractivity contribution in [3.05, 3.63) is 20.8 Å². The molecule has 1 aliphatic rings. The Morgan fingerprint density at radius 3 is 2.75 bits per heavy atom. The van der Waals surface area contributed by atoms with Gasteiger partial charge in [0.2, 0.25) is 0 Å². The number of halogens is 2. The van der Waals surface area contributed by atoms with Gasteiger partial charge in [-0.2, -0.15) is 0 Å². The van der Waals surface area contributed by atoms with Gasteiger partial charge < -0.3 is 0 Å². The predicted octanol–water partition coefficient (Wildman–Crippen LogP) is 2.80. The van der Waals surface area contributed by atoms with Crippen molar-refractivity contribution in [1.29, 1.82) is 0 Å². The number of hydrogen-bond acceptors (Lipinski definition) is 0. The second-order valence-electron chi connectivity index (χ2n) is 1.48. The Morgan fingerprint density at radius 2 is 2.38 bits per heavy atom. The van der Waals surface area contributed by atoms with Crippen LogP contribution in [0, 0.1) is 0 Å². The van der Waals surface area contributed by atoms with Crippen molar-refractivity contribution in [2.24, 2.45) is 0 Å². The highest BCUT2D eigenvalue weighted by Gasteiger charge is 1.92.